The Morgan fingerprint density at radius 1 is 1.06 bits per heavy atom. The molecule has 1 aliphatic carbocycles. The summed E-state index contributed by atoms with van der Waals surface area (Å²) in [4.78, 5) is 0. The summed E-state index contributed by atoms with van der Waals surface area (Å²) in [5, 5.41) is 0. The Balaban J connectivity index is 2.00. The highest BCUT2D eigenvalue weighted by atomic mass is 19.4. The molecular weight excluding hydrogens is 233 g/mol. The summed E-state index contributed by atoms with van der Waals surface area (Å²) < 4.78 is 45.5. The molecule has 0 amide bonds. The van der Waals surface area contributed by atoms with Crippen molar-refractivity contribution < 1.29 is 22.6 Å². The minimum absolute atomic E-state index is 0.121. The quantitative estimate of drug-likeness (QED) is 0.805. The zero-order valence-corrected chi connectivity index (χ0v) is 9.17. The molecule has 0 aliphatic heterocycles. The first-order valence-electron chi connectivity index (χ1n) is 5.55. The van der Waals surface area contributed by atoms with Crippen molar-refractivity contribution in [1.29, 1.82) is 0 Å². The van der Waals surface area contributed by atoms with Gasteiger partial charge in [0.1, 0.15) is 11.5 Å². The summed E-state index contributed by atoms with van der Waals surface area (Å²) >= 11 is 0. The third-order valence-corrected chi connectivity index (χ3v) is 2.64. The van der Waals surface area contributed by atoms with Crippen LogP contribution in [-0.4, -0.2) is 12.5 Å². The Kier molecular flexibility index (Phi) is 3.45. The standard InChI is InChI=1S/C12H13F3O2/c13-12(14,15)17-11-7-3-6-10(8-11)16-9-4-1-2-5-9/h3,6-9H,1-2,4-5H2. The summed E-state index contributed by atoms with van der Waals surface area (Å²) in [6, 6.07) is 5.66. The normalized spacial score (nSPS) is 17.1. The highest BCUT2D eigenvalue weighted by Gasteiger charge is 2.31. The first-order chi connectivity index (χ1) is 8.03. The number of rotatable bonds is 3. The van der Waals surface area contributed by atoms with Crippen molar-refractivity contribution in [2.45, 2.75) is 38.1 Å². The van der Waals surface area contributed by atoms with Crippen LogP contribution in [0.3, 0.4) is 0 Å². The second-order valence-electron chi connectivity index (χ2n) is 4.05. The average molecular weight is 246 g/mol. The summed E-state index contributed by atoms with van der Waals surface area (Å²) in [7, 11) is 0. The van der Waals surface area contributed by atoms with Gasteiger partial charge in [-0.05, 0) is 37.8 Å². The van der Waals surface area contributed by atoms with E-state index in [1.165, 1.54) is 18.2 Å². The first kappa shape index (κ1) is 12.1. The van der Waals surface area contributed by atoms with E-state index in [1.54, 1.807) is 6.07 Å². The van der Waals surface area contributed by atoms with Gasteiger partial charge in [-0.2, -0.15) is 0 Å². The van der Waals surface area contributed by atoms with Gasteiger partial charge >= 0.3 is 6.36 Å². The third-order valence-electron chi connectivity index (χ3n) is 2.64. The number of benzene rings is 1. The molecule has 0 bridgehead atoms. The molecule has 1 aromatic carbocycles. The number of hydrogen-bond acceptors (Lipinski definition) is 2. The van der Waals surface area contributed by atoms with E-state index < -0.39 is 6.36 Å². The van der Waals surface area contributed by atoms with Crippen molar-refractivity contribution in [3.05, 3.63) is 24.3 Å². The smallest absolute Gasteiger partial charge is 0.490 e. The summed E-state index contributed by atoms with van der Waals surface area (Å²) in [5.41, 5.74) is 0. The first-order valence-corrected chi connectivity index (χ1v) is 5.55. The van der Waals surface area contributed by atoms with Crippen LogP contribution in [0.2, 0.25) is 0 Å². The highest BCUT2D eigenvalue weighted by Crippen LogP contribution is 2.29. The van der Waals surface area contributed by atoms with E-state index in [0.29, 0.717) is 5.75 Å². The average Bonchev–Trinajstić information content (AvgIpc) is 2.68. The molecule has 2 nitrogen and oxygen atoms in total. The predicted molar refractivity (Wildman–Crippen MR) is 56.0 cm³/mol. The lowest BCUT2D eigenvalue weighted by Gasteiger charge is -2.14. The van der Waals surface area contributed by atoms with Gasteiger partial charge in [0, 0.05) is 6.07 Å². The molecule has 1 aromatic rings. The molecule has 0 saturated heterocycles. The van der Waals surface area contributed by atoms with Crippen molar-refractivity contribution in [3.63, 3.8) is 0 Å². The lowest BCUT2D eigenvalue weighted by Crippen LogP contribution is -2.17. The predicted octanol–water partition coefficient (Wildman–Crippen LogP) is 3.91. The molecule has 0 heterocycles. The van der Waals surface area contributed by atoms with Crippen LogP contribution in [-0.2, 0) is 0 Å². The Labute approximate surface area is 97.3 Å². The van der Waals surface area contributed by atoms with Gasteiger partial charge in [0.2, 0.25) is 0 Å². The summed E-state index contributed by atoms with van der Waals surface area (Å²) in [5.74, 6) is 0.187. The SMILES string of the molecule is FC(F)(F)Oc1cccc(OC2CCCC2)c1. The van der Waals surface area contributed by atoms with Crippen molar-refractivity contribution in [3.8, 4) is 11.5 Å². The topological polar surface area (TPSA) is 18.5 Å². The molecule has 0 unspecified atom stereocenters. The minimum Gasteiger partial charge on any atom is -0.490 e. The van der Waals surface area contributed by atoms with E-state index in [0.717, 1.165) is 25.7 Å². The van der Waals surface area contributed by atoms with Gasteiger partial charge in [0.05, 0.1) is 6.10 Å². The van der Waals surface area contributed by atoms with Crippen LogP contribution < -0.4 is 9.47 Å². The van der Waals surface area contributed by atoms with Crippen molar-refractivity contribution in [2.75, 3.05) is 0 Å². The molecule has 1 saturated carbocycles. The fourth-order valence-electron chi connectivity index (χ4n) is 1.94. The van der Waals surface area contributed by atoms with Crippen molar-refractivity contribution in [1.82, 2.24) is 0 Å². The van der Waals surface area contributed by atoms with Crippen LogP contribution in [0.15, 0.2) is 24.3 Å². The molecule has 1 aliphatic rings. The van der Waals surface area contributed by atoms with Crippen LogP contribution in [0, 0.1) is 0 Å². The number of halogens is 3. The van der Waals surface area contributed by atoms with Gasteiger partial charge in [-0.15, -0.1) is 13.2 Å². The summed E-state index contributed by atoms with van der Waals surface area (Å²) in [6.07, 6.45) is -0.385. The molecule has 0 aromatic heterocycles. The van der Waals surface area contributed by atoms with Gasteiger partial charge in [-0.25, -0.2) is 0 Å². The van der Waals surface area contributed by atoms with Crippen LogP contribution in [0.1, 0.15) is 25.7 Å². The maximum absolute atomic E-state index is 12.0. The van der Waals surface area contributed by atoms with Crippen LogP contribution in [0.25, 0.3) is 0 Å². The third kappa shape index (κ3) is 3.84. The van der Waals surface area contributed by atoms with Gasteiger partial charge in [-0.3, -0.25) is 0 Å². The molecule has 17 heavy (non-hydrogen) atoms. The molecule has 2 rings (SSSR count). The molecular formula is C12H13F3O2. The van der Waals surface area contributed by atoms with Crippen molar-refractivity contribution >= 4 is 0 Å². The maximum Gasteiger partial charge on any atom is 0.573 e. The van der Waals surface area contributed by atoms with Crippen LogP contribution in [0.5, 0.6) is 11.5 Å². The fraction of sp³-hybridized carbons (Fsp3) is 0.500. The van der Waals surface area contributed by atoms with Gasteiger partial charge in [0.25, 0.3) is 0 Å². The van der Waals surface area contributed by atoms with Gasteiger partial charge in [0.15, 0.2) is 0 Å². The minimum atomic E-state index is -4.66. The zero-order chi connectivity index (χ0) is 12.3. The van der Waals surface area contributed by atoms with E-state index in [2.05, 4.69) is 4.74 Å². The monoisotopic (exact) mass is 246 g/mol. The Hall–Kier alpha value is -1.39. The molecule has 0 N–H and O–H groups in total. The zero-order valence-electron chi connectivity index (χ0n) is 9.17. The molecule has 1 fully saturated rings. The number of ether oxygens (including phenoxy) is 2. The molecule has 0 radical (unpaired) electrons. The lowest BCUT2D eigenvalue weighted by atomic mass is 10.3. The highest BCUT2D eigenvalue weighted by molar-refractivity contribution is 5.33. The van der Waals surface area contributed by atoms with E-state index in [4.69, 9.17) is 4.74 Å². The van der Waals surface area contributed by atoms with Gasteiger partial charge < -0.3 is 9.47 Å². The summed E-state index contributed by atoms with van der Waals surface area (Å²) in [6.45, 7) is 0. The Morgan fingerprint density at radius 3 is 2.35 bits per heavy atom. The second kappa shape index (κ2) is 4.85. The number of alkyl halides is 3. The van der Waals surface area contributed by atoms with E-state index in [1.807, 2.05) is 0 Å². The fourth-order valence-corrected chi connectivity index (χ4v) is 1.94. The molecule has 0 spiro atoms. The van der Waals surface area contributed by atoms with Crippen LogP contribution in [0.4, 0.5) is 13.2 Å². The largest absolute Gasteiger partial charge is 0.573 e. The lowest BCUT2D eigenvalue weighted by molar-refractivity contribution is -0.274. The van der Waals surface area contributed by atoms with Crippen LogP contribution >= 0.6 is 0 Å². The number of hydrogen-bond donors (Lipinski definition) is 0. The Bertz CT molecular complexity index is 370. The second-order valence-corrected chi connectivity index (χ2v) is 4.05. The molecule has 5 heteroatoms. The molecule has 94 valence electrons. The van der Waals surface area contributed by atoms with E-state index in [9.17, 15) is 13.2 Å². The Morgan fingerprint density at radius 2 is 1.71 bits per heavy atom. The van der Waals surface area contributed by atoms with Crippen molar-refractivity contribution in [2.24, 2.45) is 0 Å². The molecule has 0 atom stereocenters. The maximum atomic E-state index is 12.0. The van der Waals surface area contributed by atoms with E-state index in [-0.39, 0.29) is 11.9 Å². The van der Waals surface area contributed by atoms with E-state index >= 15 is 0 Å². The van der Waals surface area contributed by atoms with Gasteiger partial charge in [-0.1, -0.05) is 6.07 Å².